The van der Waals surface area contributed by atoms with Crippen LogP contribution in [0, 0.1) is 0 Å². The summed E-state index contributed by atoms with van der Waals surface area (Å²) in [5.74, 6) is 0.946. The molecule has 1 aliphatic rings. The average Bonchev–Trinajstić information content (AvgIpc) is 3.12. The lowest BCUT2D eigenvalue weighted by atomic mass is 10.2. The van der Waals surface area contributed by atoms with Crippen molar-refractivity contribution in [3.05, 3.63) is 78.5 Å². The molecular weight excluding hydrogens is 326 g/mol. The molecule has 2 aromatic carbocycles. The zero-order valence-corrected chi connectivity index (χ0v) is 14.3. The first-order valence-electron chi connectivity index (χ1n) is 8.59. The van der Waals surface area contributed by atoms with E-state index in [9.17, 15) is 4.79 Å². The van der Waals surface area contributed by atoms with Crippen LogP contribution in [0.25, 0.3) is 0 Å². The van der Waals surface area contributed by atoms with Gasteiger partial charge in [0.25, 0.3) is 5.91 Å². The molecule has 1 amide bonds. The van der Waals surface area contributed by atoms with Crippen molar-refractivity contribution >= 4 is 23.1 Å². The Morgan fingerprint density at radius 2 is 1.85 bits per heavy atom. The summed E-state index contributed by atoms with van der Waals surface area (Å²) in [7, 11) is 0. The van der Waals surface area contributed by atoms with E-state index in [-0.39, 0.29) is 12.5 Å². The van der Waals surface area contributed by atoms with Crippen molar-refractivity contribution in [3.63, 3.8) is 0 Å². The first kappa shape index (κ1) is 16.1. The Kier molecular flexibility index (Phi) is 4.51. The number of aromatic nitrogens is 1. The number of pyridine rings is 1. The van der Waals surface area contributed by atoms with Gasteiger partial charge in [0.15, 0.2) is 6.61 Å². The smallest absolute Gasteiger partial charge is 0.263 e. The third-order valence-corrected chi connectivity index (χ3v) is 4.33. The second-order valence-corrected chi connectivity index (χ2v) is 6.08. The second-order valence-electron chi connectivity index (χ2n) is 6.08. The number of rotatable bonds is 5. The van der Waals surface area contributed by atoms with Gasteiger partial charge in [-0.05, 0) is 42.3 Å². The zero-order valence-electron chi connectivity index (χ0n) is 14.3. The van der Waals surface area contributed by atoms with E-state index < -0.39 is 0 Å². The average molecular weight is 345 g/mol. The van der Waals surface area contributed by atoms with E-state index in [0.29, 0.717) is 11.6 Å². The van der Waals surface area contributed by atoms with Gasteiger partial charge in [-0.2, -0.15) is 0 Å². The van der Waals surface area contributed by atoms with Gasteiger partial charge in [0, 0.05) is 12.2 Å². The first-order chi connectivity index (χ1) is 12.8. The van der Waals surface area contributed by atoms with Crippen LogP contribution in [0.4, 0.5) is 17.2 Å². The minimum absolute atomic E-state index is 0.0487. The summed E-state index contributed by atoms with van der Waals surface area (Å²) in [6.07, 6.45) is 2.82. The van der Waals surface area contributed by atoms with Crippen molar-refractivity contribution < 1.29 is 9.53 Å². The Morgan fingerprint density at radius 3 is 2.65 bits per heavy atom. The van der Waals surface area contributed by atoms with E-state index in [4.69, 9.17) is 4.74 Å². The molecule has 1 aromatic heterocycles. The van der Waals surface area contributed by atoms with Crippen molar-refractivity contribution in [1.82, 2.24) is 4.98 Å². The Balaban J connectivity index is 1.37. The molecular formula is C21H19N3O2. The summed E-state index contributed by atoms with van der Waals surface area (Å²) >= 11 is 0. The molecule has 0 fully saturated rings. The molecule has 130 valence electrons. The molecule has 0 radical (unpaired) electrons. The number of hydrogen-bond acceptors (Lipinski definition) is 4. The highest BCUT2D eigenvalue weighted by Crippen LogP contribution is 2.33. The summed E-state index contributed by atoms with van der Waals surface area (Å²) in [5, 5.41) is 2.76. The van der Waals surface area contributed by atoms with Gasteiger partial charge in [-0.15, -0.1) is 0 Å². The molecule has 4 rings (SSSR count). The highest BCUT2D eigenvalue weighted by molar-refractivity contribution is 5.91. The van der Waals surface area contributed by atoms with Crippen LogP contribution in [0.5, 0.6) is 5.75 Å². The molecule has 2 heterocycles. The van der Waals surface area contributed by atoms with Crippen molar-refractivity contribution in [2.24, 2.45) is 0 Å². The molecule has 1 N–H and O–H groups in total. The zero-order chi connectivity index (χ0) is 17.8. The lowest BCUT2D eigenvalue weighted by Gasteiger charge is -2.19. The number of hydrogen-bond donors (Lipinski definition) is 1. The fraction of sp³-hybridized carbons (Fsp3) is 0.143. The van der Waals surface area contributed by atoms with Crippen molar-refractivity contribution in [3.8, 4) is 5.75 Å². The van der Waals surface area contributed by atoms with Gasteiger partial charge in [-0.3, -0.25) is 4.79 Å². The maximum absolute atomic E-state index is 12.0. The third kappa shape index (κ3) is 3.52. The molecule has 3 aromatic rings. The molecule has 1 aliphatic heterocycles. The van der Waals surface area contributed by atoms with Crippen LogP contribution < -0.4 is 15.0 Å². The van der Waals surface area contributed by atoms with Crippen LogP contribution >= 0.6 is 0 Å². The number of nitrogens with one attached hydrogen (secondary N) is 1. The molecule has 0 unspecified atom stereocenters. The number of benzene rings is 2. The van der Waals surface area contributed by atoms with Gasteiger partial charge in [-0.1, -0.05) is 36.4 Å². The van der Waals surface area contributed by atoms with Crippen molar-refractivity contribution in [1.29, 1.82) is 0 Å². The number of fused-ring (bicyclic) bond motifs is 1. The molecule has 0 atom stereocenters. The Hall–Kier alpha value is -3.34. The normalized spacial score (nSPS) is 12.5. The molecule has 0 bridgehead atoms. The lowest BCUT2D eigenvalue weighted by Crippen LogP contribution is -2.21. The third-order valence-electron chi connectivity index (χ3n) is 4.33. The molecule has 5 heteroatoms. The predicted octanol–water partition coefficient (Wildman–Crippen LogP) is 3.79. The van der Waals surface area contributed by atoms with Gasteiger partial charge in [0.2, 0.25) is 0 Å². The summed E-state index contributed by atoms with van der Waals surface area (Å²) < 4.78 is 5.44. The molecule has 26 heavy (non-hydrogen) atoms. The second kappa shape index (κ2) is 7.27. The van der Waals surface area contributed by atoms with Crippen LogP contribution in [-0.2, 0) is 11.2 Å². The monoisotopic (exact) mass is 345 g/mol. The van der Waals surface area contributed by atoms with E-state index >= 15 is 0 Å². The van der Waals surface area contributed by atoms with E-state index in [1.807, 2.05) is 48.5 Å². The van der Waals surface area contributed by atoms with Crippen molar-refractivity contribution in [2.75, 3.05) is 23.4 Å². The number of ether oxygens (including phenoxy) is 1. The molecule has 5 nitrogen and oxygen atoms in total. The quantitative estimate of drug-likeness (QED) is 0.764. The minimum Gasteiger partial charge on any atom is -0.484 e. The standard InChI is InChI=1S/C21H19N3O2/c25-21(15-26-18-7-2-1-3-8-18)23-20-11-10-17(14-22-20)24-13-12-16-6-4-5-9-19(16)24/h1-11,14H,12-13,15H2,(H,22,23,25). The van der Waals surface area contributed by atoms with Gasteiger partial charge in [0.05, 0.1) is 11.9 Å². The maximum atomic E-state index is 12.0. The van der Waals surface area contributed by atoms with Gasteiger partial charge >= 0.3 is 0 Å². The van der Waals surface area contributed by atoms with Crippen LogP contribution in [-0.4, -0.2) is 24.0 Å². The number of carbonyl (C=O) groups is 1. The van der Waals surface area contributed by atoms with Gasteiger partial charge in [-0.25, -0.2) is 4.98 Å². The predicted molar refractivity (Wildman–Crippen MR) is 102 cm³/mol. The Bertz CT molecular complexity index is 895. The highest BCUT2D eigenvalue weighted by atomic mass is 16.5. The number of amides is 1. The Morgan fingerprint density at radius 1 is 1.04 bits per heavy atom. The lowest BCUT2D eigenvalue weighted by molar-refractivity contribution is -0.118. The fourth-order valence-corrected chi connectivity index (χ4v) is 3.07. The van der Waals surface area contributed by atoms with E-state index in [1.54, 1.807) is 6.20 Å². The fourth-order valence-electron chi connectivity index (χ4n) is 3.07. The largest absolute Gasteiger partial charge is 0.484 e. The molecule has 0 saturated heterocycles. The number of anilines is 3. The van der Waals surface area contributed by atoms with Crippen LogP contribution in [0.1, 0.15) is 5.56 Å². The van der Waals surface area contributed by atoms with Crippen LogP contribution in [0.2, 0.25) is 0 Å². The van der Waals surface area contributed by atoms with Gasteiger partial charge < -0.3 is 15.0 Å². The summed E-state index contributed by atoms with van der Waals surface area (Å²) in [6.45, 7) is 0.893. The summed E-state index contributed by atoms with van der Waals surface area (Å²) in [6, 6.07) is 21.4. The summed E-state index contributed by atoms with van der Waals surface area (Å²) in [5.41, 5.74) is 3.60. The Labute approximate surface area is 152 Å². The number of nitrogens with zero attached hydrogens (tertiary/aromatic N) is 2. The van der Waals surface area contributed by atoms with E-state index in [1.165, 1.54) is 11.3 Å². The topological polar surface area (TPSA) is 54.5 Å². The van der Waals surface area contributed by atoms with Gasteiger partial charge in [0.1, 0.15) is 11.6 Å². The van der Waals surface area contributed by atoms with Crippen molar-refractivity contribution in [2.45, 2.75) is 6.42 Å². The molecule has 0 saturated carbocycles. The van der Waals surface area contributed by atoms with Crippen LogP contribution in [0.3, 0.4) is 0 Å². The summed E-state index contributed by atoms with van der Waals surface area (Å²) in [4.78, 5) is 18.6. The highest BCUT2D eigenvalue weighted by Gasteiger charge is 2.19. The van der Waals surface area contributed by atoms with E-state index in [2.05, 4.69) is 33.4 Å². The van der Waals surface area contributed by atoms with Crippen LogP contribution in [0.15, 0.2) is 72.9 Å². The maximum Gasteiger partial charge on any atom is 0.263 e. The number of carbonyl (C=O) groups excluding carboxylic acids is 1. The SMILES string of the molecule is O=C(COc1ccccc1)Nc1ccc(N2CCc3ccccc32)cn1. The first-order valence-corrected chi connectivity index (χ1v) is 8.59. The molecule has 0 aliphatic carbocycles. The minimum atomic E-state index is -0.236. The number of para-hydroxylation sites is 2. The van der Waals surface area contributed by atoms with E-state index in [0.717, 1.165) is 18.7 Å². The molecule has 0 spiro atoms.